The van der Waals surface area contributed by atoms with Crippen LogP contribution in [0.25, 0.3) is 0 Å². The molecule has 1 aliphatic rings. The van der Waals surface area contributed by atoms with Crippen molar-refractivity contribution in [3.63, 3.8) is 0 Å². The number of nitrogens with one attached hydrogen (secondary N) is 1. The van der Waals surface area contributed by atoms with E-state index in [9.17, 15) is 0 Å². The average molecular weight is 212 g/mol. The van der Waals surface area contributed by atoms with Gasteiger partial charge in [0.25, 0.3) is 0 Å². The molecule has 1 heterocycles. The molecule has 1 fully saturated rings. The van der Waals surface area contributed by atoms with Crippen molar-refractivity contribution in [2.24, 2.45) is 0 Å². The molecule has 90 valence electrons. The van der Waals surface area contributed by atoms with Crippen LogP contribution in [0.3, 0.4) is 0 Å². The average Bonchev–Trinajstić information content (AvgIpc) is 2.78. The summed E-state index contributed by atoms with van der Waals surface area (Å²) >= 11 is 0. The second-order valence-electron chi connectivity index (χ2n) is 4.73. The Morgan fingerprint density at radius 1 is 1.00 bits per heavy atom. The van der Waals surface area contributed by atoms with Gasteiger partial charge in [0.1, 0.15) is 0 Å². The third-order valence-electron chi connectivity index (χ3n) is 3.76. The minimum atomic E-state index is 0.724. The Morgan fingerprint density at radius 2 is 1.60 bits per heavy atom. The van der Waals surface area contributed by atoms with E-state index in [1.807, 2.05) is 0 Å². The largest absolute Gasteiger partial charge is 0.312 e. The Hall–Kier alpha value is -0.0800. The van der Waals surface area contributed by atoms with Crippen LogP contribution in [0.15, 0.2) is 0 Å². The van der Waals surface area contributed by atoms with E-state index in [0.29, 0.717) is 0 Å². The summed E-state index contributed by atoms with van der Waals surface area (Å²) in [5.74, 6) is 0. The maximum Gasteiger partial charge on any atom is 0.0218 e. The Balaban J connectivity index is 2.26. The number of likely N-dealkylation sites (tertiary alicyclic amines) is 1. The molecule has 0 spiro atoms. The molecule has 15 heavy (non-hydrogen) atoms. The summed E-state index contributed by atoms with van der Waals surface area (Å²) in [6.45, 7) is 10.7. The van der Waals surface area contributed by atoms with Crippen LogP contribution in [0.4, 0.5) is 0 Å². The summed E-state index contributed by atoms with van der Waals surface area (Å²) in [7, 11) is 0. The molecular weight excluding hydrogens is 184 g/mol. The normalized spacial score (nSPS) is 20.0. The van der Waals surface area contributed by atoms with Crippen molar-refractivity contribution in [2.45, 2.75) is 65.0 Å². The highest BCUT2D eigenvalue weighted by Gasteiger charge is 2.20. The highest BCUT2D eigenvalue weighted by Crippen LogP contribution is 2.13. The molecule has 1 N–H and O–H groups in total. The van der Waals surface area contributed by atoms with Gasteiger partial charge >= 0.3 is 0 Å². The maximum absolute atomic E-state index is 3.71. The quantitative estimate of drug-likeness (QED) is 0.698. The number of hydrogen-bond acceptors (Lipinski definition) is 2. The van der Waals surface area contributed by atoms with Crippen molar-refractivity contribution < 1.29 is 0 Å². The Bertz CT molecular complexity index is 149. The molecule has 0 bridgehead atoms. The number of rotatable bonds is 7. The molecule has 1 saturated heterocycles. The van der Waals surface area contributed by atoms with E-state index in [4.69, 9.17) is 0 Å². The van der Waals surface area contributed by atoms with Crippen molar-refractivity contribution in [2.75, 3.05) is 19.6 Å². The third-order valence-corrected chi connectivity index (χ3v) is 3.76. The molecule has 1 atom stereocenters. The number of hydrogen-bond donors (Lipinski definition) is 1. The van der Waals surface area contributed by atoms with Crippen LogP contribution in [0, 0.1) is 0 Å². The minimum Gasteiger partial charge on any atom is -0.312 e. The van der Waals surface area contributed by atoms with Crippen LogP contribution in [0.1, 0.15) is 52.9 Å². The molecule has 2 nitrogen and oxygen atoms in total. The van der Waals surface area contributed by atoms with Crippen molar-refractivity contribution in [1.29, 1.82) is 0 Å². The first kappa shape index (κ1) is 13.0. The van der Waals surface area contributed by atoms with E-state index in [-0.39, 0.29) is 0 Å². The molecule has 0 radical (unpaired) electrons. The first-order chi connectivity index (χ1) is 7.31. The SMILES string of the molecule is CCC(CC)NCC(CC)N1CCCC1. The maximum atomic E-state index is 3.71. The van der Waals surface area contributed by atoms with Crippen molar-refractivity contribution in [3.8, 4) is 0 Å². The highest BCUT2D eigenvalue weighted by molar-refractivity contribution is 4.78. The molecule has 1 unspecified atom stereocenters. The van der Waals surface area contributed by atoms with E-state index in [0.717, 1.165) is 12.1 Å². The lowest BCUT2D eigenvalue weighted by Gasteiger charge is -2.28. The molecule has 0 aliphatic carbocycles. The lowest BCUT2D eigenvalue weighted by Crippen LogP contribution is -2.43. The zero-order valence-corrected chi connectivity index (χ0v) is 10.8. The lowest BCUT2D eigenvalue weighted by molar-refractivity contribution is 0.222. The number of nitrogens with zero attached hydrogens (tertiary/aromatic N) is 1. The van der Waals surface area contributed by atoms with E-state index in [1.165, 1.54) is 51.7 Å². The summed E-state index contributed by atoms with van der Waals surface area (Å²) in [6.07, 6.45) is 6.61. The second-order valence-corrected chi connectivity index (χ2v) is 4.73. The van der Waals surface area contributed by atoms with E-state index in [2.05, 4.69) is 31.0 Å². The van der Waals surface area contributed by atoms with Gasteiger partial charge in [0.15, 0.2) is 0 Å². The fraction of sp³-hybridized carbons (Fsp3) is 1.00. The van der Waals surface area contributed by atoms with Gasteiger partial charge in [0.2, 0.25) is 0 Å². The fourth-order valence-electron chi connectivity index (χ4n) is 2.52. The van der Waals surface area contributed by atoms with Gasteiger partial charge < -0.3 is 5.32 Å². The van der Waals surface area contributed by atoms with Crippen molar-refractivity contribution in [3.05, 3.63) is 0 Å². The summed E-state index contributed by atoms with van der Waals surface area (Å²) in [6, 6.07) is 1.50. The Labute approximate surface area is 95.4 Å². The molecule has 0 amide bonds. The molecule has 0 saturated carbocycles. The molecule has 0 aromatic rings. The predicted octanol–water partition coefficient (Wildman–Crippen LogP) is 2.64. The van der Waals surface area contributed by atoms with E-state index >= 15 is 0 Å². The van der Waals surface area contributed by atoms with Crippen LogP contribution in [0.5, 0.6) is 0 Å². The molecule has 2 heteroatoms. The van der Waals surface area contributed by atoms with E-state index in [1.54, 1.807) is 0 Å². The second kappa shape index (κ2) is 7.24. The summed E-state index contributed by atoms with van der Waals surface area (Å²) in [5.41, 5.74) is 0. The Morgan fingerprint density at radius 3 is 2.07 bits per heavy atom. The van der Waals surface area contributed by atoms with Crippen LogP contribution in [-0.2, 0) is 0 Å². The van der Waals surface area contributed by atoms with Crippen LogP contribution in [0.2, 0.25) is 0 Å². The van der Waals surface area contributed by atoms with Gasteiger partial charge in [-0.15, -0.1) is 0 Å². The van der Waals surface area contributed by atoms with Crippen LogP contribution < -0.4 is 5.32 Å². The van der Waals surface area contributed by atoms with Gasteiger partial charge in [-0.25, -0.2) is 0 Å². The third kappa shape index (κ3) is 4.12. The standard InChI is InChI=1S/C13H28N2/c1-4-12(5-2)14-11-13(6-3)15-9-7-8-10-15/h12-14H,4-11H2,1-3H3. The first-order valence-corrected chi connectivity index (χ1v) is 6.79. The highest BCUT2D eigenvalue weighted by atomic mass is 15.2. The van der Waals surface area contributed by atoms with Gasteiger partial charge in [-0.3, -0.25) is 4.90 Å². The van der Waals surface area contributed by atoms with Gasteiger partial charge in [0, 0.05) is 18.6 Å². The van der Waals surface area contributed by atoms with Crippen molar-refractivity contribution >= 4 is 0 Å². The first-order valence-electron chi connectivity index (χ1n) is 6.79. The van der Waals surface area contributed by atoms with Crippen molar-refractivity contribution in [1.82, 2.24) is 10.2 Å². The Kier molecular flexibility index (Phi) is 6.26. The molecular formula is C13H28N2. The van der Waals surface area contributed by atoms with Crippen LogP contribution >= 0.6 is 0 Å². The monoisotopic (exact) mass is 212 g/mol. The molecule has 0 aromatic heterocycles. The summed E-state index contributed by atoms with van der Waals surface area (Å²) in [5, 5.41) is 3.71. The molecule has 1 aliphatic heterocycles. The predicted molar refractivity (Wildman–Crippen MR) is 67.3 cm³/mol. The van der Waals surface area contributed by atoms with Gasteiger partial charge in [-0.1, -0.05) is 20.8 Å². The van der Waals surface area contributed by atoms with Gasteiger partial charge in [-0.05, 0) is 45.2 Å². The summed E-state index contributed by atoms with van der Waals surface area (Å²) in [4.78, 5) is 2.66. The summed E-state index contributed by atoms with van der Waals surface area (Å²) < 4.78 is 0. The minimum absolute atomic E-state index is 0.724. The van der Waals surface area contributed by atoms with Gasteiger partial charge in [-0.2, -0.15) is 0 Å². The topological polar surface area (TPSA) is 15.3 Å². The zero-order valence-electron chi connectivity index (χ0n) is 10.8. The zero-order chi connectivity index (χ0) is 11.1. The lowest BCUT2D eigenvalue weighted by atomic mass is 10.1. The smallest absolute Gasteiger partial charge is 0.0218 e. The fourth-order valence-corrected chi connectivity index (χ4v) is 2.52. The van der Waals surface area contributed by atoms with Crippen LogP contribution in [-0.4, -0.2) is 36.6 Å². The van der Waals surface area contributed by atoms with Gasteiger partial charge in [0.05, 0.1) is 0 Å². The molecule has 0 aromatic carbocycles. The molecule has 1 rings (SSSR count). The van der Waals surface area contributed by atoms with E-state index < -0.39 is 0 Å².